The van der Waals surface area contributed by atoms with Crippen molar-refractivity contribution >= 4 is 22.4 Å². The highest BCUT2D eigenvalue weighted by Gasteiger charge is 2.53. The van der Waals surface area contributed by atoms with Gasteiger partial charge in [-0.3, -0.25) is 4.79 Å². The molecule has 0 spiro atoms. The molecular formula is C24H27N5OS. The fourth-order valence-corrected chi connectivity index (χ4v) is 7.49. The Balaban J connectivity index is 1.07. The van der Waals surface area contributed by atoms with Crippen molar-refractivity contribution < 1.29 is 4.79 Å². The molecule has 4 bridgehead atoms. The van der Waals surface area contributed by atoms with Crippen molar-refractivity contribution in [1.29, 1.82) is 0 Å². The summed E-state index contributed by atoms with van der Waals surface area (Å²) in [5, 5.41) is 18.1. The molecular weight excluding hydrogens is 406 g/mol. The highest BCUT2D eigenvalue weighted by atomic mass is 32.1. The van der Waals surface area contributed by atoms with Crippen molar-refractivity contribution in [2.45, 2.75) is 56.8 Å². The molecule has 0 atom stereocenters. The van der Waals surface area contributed by atoms with Crippen LogP contribution in [0.15, 0.2) is 42.7 Å². The summed E-state index contributed by atoms with van der Waals surface area (Å²) in [5.41, 5.74) is 2.30. The van der Waals surface area contributed by atoms with Gasteiger partial charge in [0.25, 0.3) is 0 Å². The third-order valence-electron chi connectivity index (χ3n) is 7.46. The minimum absolute atomic E-state index is 0.0133. The Hall–Kier alpha value is -2.54. The van der Waals surface area contributed by atoms with Crippen LogP contribution in [0.2, 0.25) is 0 Å². The normalized spacial score (nSPS) is 28.7. The highest BCUT2D eigenvalue weighted by Crippen LogP contribution is 2.61. The van der Waals surface area contributed by atoms with Gasteiger partial charge < -0.3 is 5.32 Å². The molecule has 3 aromatic rings. The van der Waals surface area contributed by atoms with Crippen molar-refractivity contribution in [3.63, 3.8) is 0 Å². The number of hydrogen-bond acceptors (Lipinski definition) is 5. The lowest BCUT2D eigenvalue weighted by Gasteiger charge is -2.55. The molecule has 4 fully saturated rings. The van der Waals surface area contributed by atoms with Crippen molar-refractivity contribution in [2.24, 2.45) is 17.8 Å². The van der Waals surface area contributed by atoms with Gasteiger partial charge in [0.05, 0.1) is 11.9 Å². The number of carbonyl (C=O) groups is 1. The molecule has 4 saturated carbocycles. The van der Waals surface area contributed by atoms with Gasteiger partial charge in [0, 0.05) is 18.0 Å². The van der Waals surface area contributed by atoms with E-state index in [2.05, 4.69) is 20.6 Å². The number of aryl methyl sites for hydroxylation is 1. The maximum Gasteiger partial charge on any atom is 0.226 e. The van der Waals surface area contributed by atoms with Gasteiger partial charge >= 0.3 is 0 Å². The predicted molar refractivity (Wildman–Crippen MR) is 120 cm³/mol. The first kappa shape index (κ1) is 19.2. The Bertz CT molecular complexity index is 1050. The summed E-state index contributed by atoms with van der Waals surface area (Å²) in [7, 11) is 0. The summed E-state index contributed by atoms with van der Waals surface area (Å²) in [4.78, 5) is 12.5. The number of nitrogens with zero attached hydrogens (tertiary/aromatic N) is 4. The smallest absolute Gasteiger partial charge is 0.226 e. The van der Waals surface area contributed by atoms with Crippen LogP contribution in [0.1, 0.15) is 55.5 Å². The zero-order chi connectivity index (χ0) is 20.8. The molecule has 31 heavy (non-hydrogen) atoms. The molecule has 160 valence electrons. The second kappa shape index (κ2) is 7.55. The summed E-state index contributed by atoms with van der Waals surface area (Å²) < 4.78 is 1.84. The molecule has 1 amide bonds. The van der Waals surface area contributed by atoms with E-state index < -0.39 is 0 Å². The Morgan fingerprint density at radius 2 is 1.77 bits per heavy atom. The van der Waals surface area contributed by atoms with Crippen molar-refractivity contribution in [1.82, 2.24) is 20.0 Å². The SMILES string of the molecule is O=C(CCc1cnn(-c2ccccc2)c1)Nc1nnc(C23CC4CC(CC(C4)C2)C3)s1. The van der Waals surface area contributed by atoms with Gasteiger partial charge in [-0.2, -0.15) is 5.10 Å². The van der Waals surface area contributed by atoms with E-state index in [1.807, 2.05) is 47.4 Å². The van der Waals surface area contributed by atoms with Gasteiger partial charge in [-0.25, -0.2) is 4.68 Å². The number of hydrogen-bond donors (Lipinski definition) is 1. The second-order valence-electron chi connectivity index (χ2n) is 9.79. The second-order valence-corrected chi connectivity index (χ2v) is 10.8. The van der Waals surface area contributed by atoms with E-state index in [0.29, 0.717) is 18.0 Å². The van der Waals surface area contributed by atoms with Crippen molar-refractivity contribution in [3.05, 3.63) is 53.3 Å². The number of para-hydroxylation sites is 1. The van der Waals surface area contributed by atoms with E-state index in [4.69, 9.17) is 0 Å². The molecule has 0 saturated heterocycles. The van der Waals surface area contributed by atoms with Crippen molar-refractivity contribution in [2.75, 3.05) is 5.32 Å². The van der Waals surface area contributed by atoms with E-state index in [1.54, 1.807) is 11.3 Å². The number of rotatable bonds is 6. The van der Waals surface area contributed by atoms with E-state index >= 15 is 0 Å². The number of benzene rings is 1. The summed E-state index contributed by atoms with van der Waals surface area (Å²) in [6.07, 6.45) is 12.9. The van der Waals surface area contributed by atoms with Crippen LogP contribution < -0.4 is 5.32 Å². The average molecular weight is 434 g/mol. The first-order valence-corrected chi connectivity index (χ1v) is 12.2. The van der Waals surface area contributed by atoms with E-state index in [0.717, 1.165) is 34.0 Å². The maximum atomic E-state index is 12.5. The van der Waals surface area contributed by atoms with Gasteiger partial charge in [-0.05, 0) is 80.4 Å². The summed E-state index contributed by atoms with van der Waals surface area (Å²) in [6, 6.07) is 9.99. The van der Waals surface area contributed by atoms with Crippen LogP contribution in [0.5, 0.6) is 0 Å². The average Bonchev–Trinajstić information content (AvgIpc) is 3.42. The molecule has 7 heteroatoms. The Morgan fingerprint density at radius 1 is 1.06 bits per heavy atom. The van der Waals surface area contributed by atoms with Gasteiger partial charge in [0.2, 0.25) is 11.0 Å². The minimum Gasteiger partial charge on any atom is -0.301 e. The summed E-state index contributed by atoms with van der Waals surface area (Å²) in [5.74, 6) is 2.63. The molecule has 4 aliphatic rings. The van der Waals surface area contributed by atoms with Gasteiger partial charge in [-0.1, -0.05) is 29.5 Å². The Labute approximate surface area is 186 Å². The first-order valence-electron chi connectivity index (χ1n) is 11.4. The number of carbonyl (C=O) groups excluding carboxylic acids is 1. The minimum atomic E-state index is -0.0133. The van der Waals surface area contributed by atoms with Crippen LogP contribution in [0, 0.1) is 17.8 Å². The van der Waals surface area contributed by atoms with E-state index in [1.165, 1.54) is 38.5 Å². The monoisotopic (exact) mass is 433 g/mol. The molecule has 0 aliphatic heterocycles. The van der Waals surface area contributed by atoms with Crippen LogP contribution in [0.3, 0.4) is 0 Å². The number of nitrogens with one attached hydrogen (secondary N) is 1. The molecule has 2 heterocycles. The van der Waals surface area contributed by atoms with Crippen LogP contribution in [0.4, 0.5) is 5.13 Å². The van der Waals surface area contributed by atoms with Gasteiger partial charge in [0.15, 0.2) is 0 Å². The maximum absolute atomic E-state index is 12.5. The molecule has 4 aliphatic carbocycles. The molecule has 0 unspecified atom stereocenters. The fraction of sp³-hybridized carbons (Fsp3) is 0.500. The molecule has 6 nitrogen and oxygen atoms in total. The number of aromatic nitrogens is 4. The zero-order valence-corrected chi connectivity index (χ0v) is 18.4. The third-order valence-corrected chi connectivity index (χ3v) is 8.55. The zero-order valence-electron chi connectivity index (χ0n) is 17.5. The van der Waals surface area contributed by atoms with Crippen LogP contribution in [-0.2, 0) is 16.6 Å². The summed E-state index contributed by atoms with van der Waals surface area (Å²) >= 11 is 1.60. The molecule has 2 aromatic heterocycles. The quantitative estimate of drug-likeness (QED) is 0.608. The van der Waals surface area contributed by atoms with Crippen LogP contribution in [0.25, 0.3) is 5.69 Å². The first-order chi connectivity index (χ1) is 15.1. The summed E-state index contributed by atoms with van der Waals surface area (Å²) in [6.45, 7) is 0. The predicted octanol–water partition coefficient (Wildman–Crippen LogP) is 4.76. The third kappa shape index (κ3) is 3.69. The lowest BCUT2D eigenvalue weighted by Crippen LogP contribution is -2.48. The molecule has 7 rings (SSSR count). The molecule has 1 aromatic carbocycles. The number of amides is 1. The topological polar surface area (TPSA) is 72.7 Å². The van der Waals surface area contributed by atoms with Crippen LogP contribution >= 0.6 is 11.3 Å². The number of anilines is 1. The molecule has 0 radical (unpaired) electrons. The molecule has 1 N–H and O–H groups in total. The Morgan fingerprint density at radius 3 is 2.48 bits per heavy atom. The Kier molecular flexibility index (Phi) is 4.67. The highest BCUT2D eigenvalue weighted by molar-refractivity contribution is 7.15. The standard InChI is InChI=1S/C24H27N5OS/c30-21(7-6-16-14-25-29(15-16)20-4-2-1-3-5-20)26-23-28-27-22(31-23)24-11-17-8-18(12-24)10-19(9-17)13-24/h1-5,14-15,17-19H,6-13H2,(H,26,28,30). The van der Waals surface area contributed by atoms with Gasteiger partial charge in [-0.15, -0.1) is 10.2 Å². The van der Waals surface area contributed by atoms with Crippen LogP contribution in [-0.4, -0.2) is 25.9 Å². The van der Waals surface area contributed by atoms with E-state index in [-0.39, 0.29) is 11.3 Å². The van der Waals surface area contributed by atoms with Crippen molar-refractivity contribution in [3.8, 4) is 5.69 Å². The fourth-order valence-electron chi connectivity index (χ4n) is 6.51. The van der Waals surface area contributed by atoms with E-state index in [9.17, 15) is 4.79 Å². The largest absolute Gasteiger partial charge is 0.301 e. The lowest BCUT2D eigenvalue weighted by atomic mass is 9.50. The lowest BCUT2D eigenvalue weighted by molar-refractivity contribution is -0.116. The van der Waals surface area contributed by atoms with Gasteiger partial charge in [0.1, 0.15) is 5.01 Å².